The normalized spacial score (nSPS) is 22.8. The SMILES string of the molecule is C.C.CNC(=O)Nc1ccc2c(c1F)CC[C@]21OC(=O)N(CC(=O)N2[C@@H](C)CC[C@H]2c2cc(F)c(F)c(F)c2)C1=O.CNC(=O)Nc1ccc2c(c1F)CC[C@]21OC(=O)N(CC(=O)O)C1=O.C[C@H]1CC[C@@H](c2cc(F)c(F)c(F)c2)N1. The van der Waals surface area contributed by atoms with Crippen molar-refractivity contribution < 1.29 is 88.1 Å². The van der Waals surface area contributed by atoms with Gasteiger partial charge in [0.25, 0.3) is 11.8 Å². The van der Waals surface area contributed by atoms with Gasteiger partial charge < -0.3 is 46.1 Å². The van der Waals surface area contributed by atoms with Gasteiger partial charge in [-0.15, -0.1) is 0 Å². The molecule has 0 bridgehead atoms. The molecule has 4 aromatic carbocycles. The maximum atomic E-state index is 15.1. The summed E-state index contributed by atoms with van der Waals surface area (Å²) >= 11 is 0. The summed E-state index contributed by atoms with van der Waals surface area (Å²) in [7, 11) is 2.74. The maximum absolute atomic E-state index is 15.1. The number of amides is 9. The van der Waals surface area contributed by atoms with Crippen LogP contribution in [0.3, 0.4) is 0 Å². The Balaban J connectivity index is 0.000000215. The molecule has 6 N–H and O–H groups in total. The highest BCUT2D eigenvalue weighted by Gasteiger charge is 2.60. The number of aliphatic carboxylic acids is 1. The summed E-state index contributed by atoms with van der Waals surface area (Å²) < 4.78 is 120. The van der Waals surface area contributed by atoms with Crippen LogP contribution in [-0.4, -0.2) is 107 Å². The molecular formula is C54H58F8N8O11. The smallest absolute Gasteiger partial charge is 0.418 e. The Labute approximate surface area is 458 Å². The van der Waals surface area contributed by atoms with Gasteiger partial charge in [0.1, 0.15) is 24.7 Å². The fourth-order valence-electron chi connectivity index (χ4n) is 10.8. The molecule has 0 aromatic heterocycles. The van der Waals surface area contributed by atoms with Crippen LogP contribution in [0.2, 0.25) is 0 Å². The predicted octanol–water partition coefficient (Wildman–Crippen LogP) is 8.84. The molecule has 2 spiro atoms. The quantitative estimate of drug-likeness (QED) is 0.0716. The number of ether oxygens (including phenoxy) is 2. The highest BCUT2D eigenvalue weighted by Crippen LogP contribution is 2.49. The lowest BCUT2D eigenvalue weighted by Gasteiger charge is -2.30. The largest absolute Gasteiger partial charge is 0.480 e. The third kappa shape index (κ3) is 11.5. The van der Waals surface area contributed by atoms with E-state index in [1.165, 1.54) is 43.3 Å². The number of rotatable bonds is 8. The number of likely N-dealkylation sites (tertiary alicyclic amines) is 1. The van der Waals surface area contributed by atoms with E-state index in [2.05, 4.69) is 26.6 Å². The van der Waals surface area contributed by atoms with Crippen LogP contribution in [0.25, 0.3) is 0 Å². The molecule has 81 heavy (non-hydrogen) atoms. The number of fused-ring (bicyclic) bond motifs is 4. The number of nitrogens with zero attached hydrogens (tertiary/aromatic N) is 3. The number of halogens is 8. The Morgan fingerprint density at radius 1 is 0.617 bits per heavy atom. The summed E-state index contributed by atoms with van der Waals surface area (Å²) in [5.41, 5.74) is -2.65. The first kappa shape index (κ1) is 61.8. The molecular weight excluding hydrogens is 1090 g/mol. The van der Waals surface area contributed by atoms with Crippen molar-refractivity contribution in [3.8, 4) is 0 Å². The van der Waals surface area contributed by atoms with Gasteiger partial charge in [0, 0.05) is 56.2 Å². The van der Waals surface area contributed by atoms with Gasteiger partial charge in [-0.05, 0) is 111 Å². The Morgan fingerprint density at radius 3 is 1.46 bits per heavy atom. The zero-order valence-electron chi connectivity index (χ0n) is 42.4. The molecule has 10 rings (SSSR count). The van der Waals surface area contributed by atoms with Gasteiger partial charge in [0.15, 0.2) is 34.9 Å². The van der Waals surface area contributed by atoms with Crippen LogP contribution >= 0.6 is 0 Å². The lowest BCUT2D eigenvalue weighted by molar-refractivity contribution is -0.144. The molecule has 6 aliphatic rings. The Bertz CT molecular complexity index is 3180. The number of carboxylic acids is 1. The zero-order chi connectivity index (χ0) is 57.6. The molecule has 27 heteroatoms. The number of imide groups is 2. The zero-order valence-corrected chi connectivity index (χ0v) is 42.4. The van der Waals surface area contributed by atoms with Crippen molar-refractivity contribution >= 4 is 59.3 Å². The summed E-state index contributed by atoms with van der Waals surface area (Å²) in [6, 6.07) is 6.90. The molecule has 436 valence electrons. The van der Waals surface area contributed by atoms with E-state index in [0.717, 1.165) is 37.1 Å². The number of carboxylic acid groups (broad SMARTS) is 1. The Kier molecular flexibility index (Phi) is 18.4. The van der Waals surface area contributed by atoms with Crippen LogP contribution in [0.4, 0.5) is 65.7 Å². The minimum absolute atomic E-state index is 0. The third-order valence-corrected chi connectivity index (χ3v) is 14.6. The minimum Gasteiger partial charge on any atom is -0.480 e. The molecule has 4 fully saturated rings. The van der Waals surface area contributed by atoms with E-state index < -0.39 is 131 Å². The molecule has 0 radical (unpaired) electrons. The van der Waals surface area contributed by atoms with E-state index >= 15 is 4.39 Å². The van der Waals surface area contributed by atoms with Gasteiger partial charge >= 0.3 is 30.2 Å². The van der Waals surface area contributed by atoms with Gasteiger partial charge in [0.2, 0.25) is 17.1 Å². The average Bonchev–Trinajstić information content (AvgIpc) is 4.47. The monoisotopic (exact) mass is 1150 g/mol. The highest BCUT2D eigenvalue weighted by molar-refractivity contribution is 6.07. The number of carbonyl (C=O) groups excluding carboxylic acids is 7. The van der Waals surface area contributed by atoms with E-state index in [0.29, 0.717) is 34.2 Å². The molecule has 4 aliphatic heterocycles. The molecule has 0 saturated carbocycles. The lowest BCUT2D eigenvalue weighted by Crippen LogP contribution is -2.46. The number of benzene rings is 4. The first-order valence-corrected chi connectivity index (χ1v) is 24.6. The van der Waals surface area contributed by atoms with Crippen LogP contribution in [0.5, 0.6) is 0 Å². The first-order valence-electron chi connectivity index (χ1n) is 24.6. The third-order valence-electron chi connectivity index (χ3n) is 14.6. The maximum Gasteiger partial charge on any atom is 0.418 e. The van der Waals surface area contributed by atoms with Gasteiger partial charge in [-0.25, -0.2) is 64.1 Å². The summed E-state index contributed by atoms with van der Waals surface area (Å²) in [4.78, 5) is 100. The molecule has 6 atom stereocenters. The van der Waals surface area contributed by atoms with Crippen LogP contribution in [-0.2, 0) is 52.7 Å². The second-order valence-electron chi connectivity index (χ2n) is 19.4. The summed E-state index contributed by atoms with van der Waals surface area (Å²) in [6.07, 6.45) is 0.513. The molecule has 4 aromatic rings. The Morgan fingerprint density at radius 2 is 1.05 bits per heavy atom. The van der Waals surface area contributed by atoms with Crippen LogP contribution < -0.4 is 26.6 Å². The second kappa shape index (κ2) is 24.2. The minimum atomic E-state index is -1.82. The molecule has 4 saturated heterocycles. The topological polar surface area (TPSA) is 245 Å². The van der Waals surface area contributed by atoms with E-state index in [1.54, 1.807) is 6.92 Å². The van der Waals surface area contributed by atoms with E-state index in [-0.39, 0.29) is 85.8 Å². The van der Waals surface area contributed by atoms with Gasteiger partial charge in [0.05, 0.1) is 17.4 Å². The van der Waals surface area contributed by atoms with Crippen LogP contribution in [0, 0.1) is 46.5 Å². The van der Waals surface area contributed by atoms with E-state index in [4.69, 9.17) is 14.6 Å². The van der Waals surface area contributed by atoms with Crippen LogP contribution in [0.15, 0.2) is 48.5 Å². The van der Waals surface area contributed by atoms with Crippen molar-refractivity contribution in [2.24, 2.45) is 0 Å². The second-order valence-corrected chi connectivity index (χ2v) is 19.4. The number of urea groups is 2. The molecule has 0 unspecified atom stereocenters. The molecule has 4 heterocycles. The lowest BCUT2D eigenvalue weighted by atomic mass is 9.94. The number of nitrogens with one attached hydrogen (secondary N) is 5. The van der Waals surface area contributed by atoms with E-state index in [1.807, 2.05) is 6.92 Å². The van der Waals surface area contributed by atoms with Gasteiger partial charge in [-0.2, -0.15) is 0 Å². The highest BCUT2D eigenvalue weighted by atomic mass is 19.2. The van der Waals surface area contributed by atoms with Gasteiger partial charge in [-0.1, -0.05) is 27.0 Å². The number of hydrogen-bond donors (Lipinski definition) is 6. The van der Waals surface area contributed by atoms with Crippen molar-refractivity contribution in [1.29, 1.82) is 0 Å². The van der Waals surface area contributed by atoms with Crippen molar-refractivity contribution in [3.05, 3.63) is 128 Å². The number of anilines is 2. The van der Waals surface area contributed by atoms with Gasteiger partial charge in [-0.3, -0.25) is 19.2 Å². The fraction of sp³-hybridized carbons (Fsp3) is 0.407. The summed E-state index contributed by atoms with van der Waals surface area (Å²) in [5.74, 6) is -13.2. The fourth-order valence-corrected chi connectivity index (χ4v) is 10.8. The van der Waals surface area contributed by atoms with Crippen molar-refractivity contribution in [2.75, 3.05) is 37.8 Å². The predicted molar refractivity (Wildman–Crippen MR) is 272 cm³/mol. The number of carbonyl (C=O) groups is 8. The first-order chi connectivity index (χ1) is 37.4. The van der Waals surface area contributed by atoms with E-state index in [9.17, 15) is 69.1 Å². The van der Waals surface area contributed by atoms with Crippen molar-refractivity contribution in [1.82, 2.24) is 30.7 Å². The standard InChI is InChI=1S/C26H24F4N4O5.C15H14FN3O6.C11H12F3N.2CH4/c1-12-3-6-19(13-9-16(27)22(30)17(28)10-13)34(12)20(35)11-33-23(36)26(39-25(33)38)8-7-14-15(26)4-5-18(21(14)29)32-24(37)31-2;1-17-13(23)18-9-3-2-8-7(11(9)16)4-5-15(8)12(22)19(6-10(20)21)14(24)25-15;1-6-2-3-10(15-6)7-4-8(12)11(14)9(13)5-7;;/h4-5,9-10,12,19H,3,6-8,11H2,1-2H3,(H2,31,32,37);2-3H,4-6H2,1H3,(H,20,21)(H2,17,18,23);4-6,10,15H,2-3H2,1H3;2*1H4/t12-,19-,26-;15-;6-,10-;;/m000../s1. The molecule has 2 aliphatic carbocycles. The Hall–Kier alpha value is -8.36. The summed E-state index contributed by atoms with van der Waals surface area (Å²) in [6.45, 7) is 2.19. The van der Waals surface area contributed by atoms with Crippen molar-refractivity contribution in [2.45, 2.75) is 115 Å². The van der Waals surface area contributed by atoms with Crippen LogP contribution in [0.1, 0.15) is 113 Å². The molecule has 9 amide bonds. The number of hydrogen-bond acceptors (Lipinski definition) is 11. The van der Waals surface area contributed by atoms with Crippen molar-refractivity contribution in [3.63, 3.8) is 0 Å². The average molecular weight is 1150 g/mol. The molecule has 19 nitrogen and oxygen atoms in total. The summed E-state index contributed by atoms with van der Waals surface area (Å²) in [5, 5.41) is 21.3.